The van der Waals surface area contributed by atoms with E-state index in [-0.39, 0.29) is 0 Å². The number of nitrogens with one attached hydrogen (secondary N) is 1. The van der Waals surface area contributed by atoms with Crippen molar-refractivity contribution in [2.75, 3.05) is 11.9 Å². The summed E-state index contributed by atoms with van der Waals surface area (Å²) in [6, 6.07) is 6.87. The zero-order valence-corrected chi connectivity index (χ0v) is 9.59. The summed E-state index contributed by atoms with van der Waals surface area (Å²) in [6.07, 6.45) is 2.36. The zero-order chi connectivity index (χ0) is 10.8. The molecule has 1 saturated carbocycles. The number of benzene rings is 1. The minimum absolute atomic E-state index is 0.454. The van der Waals surface area contributed by atoms with Crippen LogP contribution in [0.25, 0.3) is 0 Å². The van der Waals surface area contributed by atoms with Gasteiger partial charge in [0.25, 0.3) is 0 Å². The van der Waals surface area contributed by atoms with E-state index in [1.165, 1.54) is 29.7 Å². The fourth-order valence-electron chi connectivity index (χ4n) is 2.15. The third-order valence-corrected chi connectivity index (χ3v) is 3.46. The van der Waals surface area contributed by atoms with E-state index in [4.69, 9.17) is 5.73 Å². The molecule has 15 heavy (non-hydrogen) atoms. The Morgan fingerprint density at radius 1 is 1.33 bits per heavy atom. The first-order valence-corrected chi connectivity index (χ1v) is 5.72. The molecule has 0 amide bonds. The average Bonchev–Trinajstić information content (AvgIpc) is 2.17. The summed E-state index contributed by atoms with van der Waals surface area (Å²) < 4.78 is 0. The Bertz CT molecular complexity index is 340. The molecule has 1 aromatic rings. The van der Waals surface area contributed by atoms with E-state index in [2.05, 4.69) is 37.4 Å². The Morgan fingerprint density at radius 2 is 2.07 bits per heavy atom. The second-order valence-electron chi connectivity index (χ2n) is 4.73. The highest BCUT2D eigenvalue weighted by Crippen LogP contribution is 2.26. The fourth-order valence-corrected chi connectivity index (χ4v) is 2.15. The lowest BCUT2D eigenvalue weighted by Crippen LogP contribution is -2.39. The van der Waals surface area contributed by atoms with Gasteiger partial charge >= 0.3 is 0 Å². The van der Waals surface area contributed by atoms with Crippen molar-refractivity contribution < 1.29 is 0 Å². The van der Waals surface area contributed by atoms with E-state index in [1.807, 2.05) is 0 Å². The largest absolute Gasteiger partial charge is 0.385 e. The minimum Gasteiger partial charge on any atom is -0.385 e. The number of hydrogen-bond donors (Lipinski definition) is 2. The first-order valence-electron chi connectivity index (χ1n) is 5.72. The van der Waals surface area contributed by atoms with Crippen molar-refractivity contribution in [1.82, 2.24) is 0 Å². The van der Waals surface area contributed by atoms with Gasteiger partial charge in [-0.15, -0.1) is 0 Å². The maximum atomic E-state index is 5.76. The minimum atomic E-state index is 0.454. The lowest BCUT2D eigenvalue weighted by molar-refractivity contribution is 0.280. The zero-order valence-electron chi connectivity index (χ0n) is 9.59. The molecular formula is C13H20N2. The monoisotopic (exact) mass is 204 g/mol. The summed E-state index contributed by atoms with van der Waals surface area (Å²) in [5.74, 6) is 0.778. The smallest absolute Gasteiger partial charge is 0.0372 e. The van der Waals surface area contributed by atoms with Gasteiger partial charge in [0.1, 0.15) is 0 Å². The van der Waals surface area contributed by atoms with Crippen molar-refractivity contribution in [3.63, 3.8) is 0 Å². The van der Waals surface area contributed by atoms with Crippen LogP contribution < -0.4 is 11.1 Å². The maximum Gasteiger partial charge on any atom is 0.0372 e. The third kappa shape index (κ3) is 2.32. The number of anilines is 1. The van der Waals surface area contributed by atoms with Gasteiger partial charge in [-0.2, -0.15) is 0 Å². The highest BCUT2D eigenvalue weighted by Gasteiger charge is 2.25. The number of hydrogen-bond acceptors (Lipinski definition) is 2. The van der Waals surface area contributed by atoms with Gasteiger partial charge in [0, 0.05) is 18.3 Å². The predicted octanol–water partition coefficient (Wildman–Crippen LogP) is 2.45. The second-order valence-corrected chi connectivity index (χ2v) is 4.73. The van der Waals surface area contributed by atoms with Gasteiger partial charge in [0.15, 0.2) is 0 Å². The molecular weight excluding hydrogens is 184 g/mol. The molecule has 1 aliphatic carbocycles. The predicted molar refractivity (Wildman–Crippen MR) is 65.1 cm³/mol. The molecule has 0 aliphatic heterocycles. The molecule has 1 aliphatic rings. The van der Waals surface area contributed by atoms with E-state index >= 15 is 0 Å². The molecule has 0 atom stereocenters. The van der Waals surface area contributed by atoms with Crippen LogP contribution in [0.1, 0.15) is 24.0 Å². The van der Waals surface area contributed by atoms with Gasteiger partial charge in [0.2, 0.25) is 0 Å². The van der Waals surface area contributed by atoms with Gasteiger partial charge in [0.05, 0.1) is 0 Å². The molecule has 2 heteroatoms. The average molecular weight is 204 g/mol. The van der Waals surface area contributed by atoms with E-state index in [0.717, 1.165) is 12.5 Å². The van der Waals surface area contributed by atoms with Gasteiger partial charge in [-0.1, -0.05) is 12.1 Å². The van der Waals surface area contributed by atoms with Gasteiger partial charge in [-0.05, 0) is 49.8 Å². The summed E-state index contributed by atoms with van der Waals surface area (Å²) in [5.41, 5.74) is 9.75. The number of nitrogens with two attached hydrogens (primary N) is 1. The van der Waals surface area contributed by atoms with Crippen LogP contribution in [0.5, 0.6) is 0 Å². The van der Waals surface area contributed by atoms with Crippen LogP contribution in [-0.4, -0.2) is 12.6 Å². The second kappa shape index (κ2) is 4.23. The van der Waals surface area contributed by atoms with Crippen LogP contribution in [0.2, 0.25) is 0 Å². The Kier molecular flexibility index (Phi) is 2.96. The summed E-state index contributed by atoms with van der Waals surface area (Å²) in [4.78, 5) is 0. The highest BCUT2D eigenvalue weighted by molar-refractivity contribution is 5.53. The molecule has 2 nitrogen and oxygen atoms in total. The first kappa shape index (κ1) is 10.5. The molecule has 0 aromatic heterocycles. The van der Waals surface area contributed by atoms with Crippen LogP contribution >= 0.6 is 0 Å². The van der Waals surface area contributed by atoms with Crippen molar-refractivity contribution >= 4 is 5.69 Å². The third-order valence-electron chi connectivity index (χ3n) is 3.46. The molecule has 2 rings (SSSR count). The Hall–Kier alpha value is -1.02. The molecule has 82 valence electrons. The molecule has 1 aromatic carbocycles. The molecule has 0 radical (unpaired) electrons. The number of aryl methyl sites for hydroxylation is 1. The first-order chi connectivity index (χ1) is 7.16. The SMILES string of the molecule is Cc1cccc(NCC2CC(N)C2)c1C. The summed E-state index contributed by atoms with van der Waals surface area (Å²) in [5, 5.41) is 3.52. The highest BCUT2D eigenvalue weighted by atomic mass is 14.9. The van der Waals surface area contributed by atoms with Crippen molar-refractivity contribution in [3.8, 4) is 0 Å². The van der Waals surface area contributed by atoms with Crippen LogP contribution in [0.4, 0.5) is 5.69 Å². The Morgan fingerprint density at radius 3 is 2.73 bits per heavy atom. The summed E-state index contributed by atoms with van der Waals surface area (Å²) >= 11 is 0. The van der Waals surface area contributed by atoms with Gasteiger partial charge in [-0.25, -0.2) is 0 Å². The molecule has 0 bridgehead atoms. The molecule has 0 unspecified atom stereocenters. The Balaban J connectivity index is 1.91. The normalized spacial score (nSPS) is 24.7. The molecule has 0 saturated heterocycles. The lowest BCUT2D eigenvalue weighted by Gasteiger charge is -2.33. The summed E-state index contributed by atoms with van der Waals surface area (Å²) in [6.45, 7) is 5.39. The quantitative estimate of drug-likeness (QED) is 0.793. The van der Waals surface area contributed by atoms with Crippen molar-refractivity contribution in [2.24, 2.45) is 11.7 Å². The summed E-state index contributed by atoms with van der Waals surface area (Å²) in [7, 11) is 0. The molecule has 0 heterocycles. The molecule has 0 spiro atoms. The van der Waals surface area contributed by atoms with E-state index in [9.17, 15) is 0 Å². The van der Waals surface area contributed by atoms with E-state index < -0.39 is 0 Å². The Labute approximate surface area is 91.9 Å². The van der Waals surface area contributed by atoms with Crippen LogP contribution in [-0.2, 0) is 0 Å². The van der Waals surface area contributed by atoms with Gasteiger partial charge in [-0.3, -0.25) is 0 Å². The van der Waals surface area contributed by atoms with Gasteiger partial charge < -0.3 is 11.1 Å². The molecule has 3 N–H and O–H groups in total. The van der Waals surface area contributed by atoms with Crippen molar-refractivity contribution in [2.45, 2.75) is 32.7 Å². The van der Waals surface area contributed by atoms with Crippen molar-refractivity contribution in [1.29, 1.82) is 0 Å². The number of rotatable bonds is 3. The topological polar surface area (TPSA) is 38.0 Å². The van der Waals surface area contributed by atoms with E-state index in [0.29, 0.717) is 6.04 Å². The standard InChI is InChI=1S/C13H20N2/c1-9-4-3-5-13(10(9)2)15-8-11-6-12(14)7-11/h3-5,11-12,15H,6-8,14H2,1-2H3. The fraction of sp³-hybridized carbons (Fsp3) is 0.538. The maximum absolute atomic E-state index is 5.76. The van der Waals surface area contributed by atoms with Crippen molar-refractivity contribution in [3.05, 3.63) is 29.3 Å². The van der Waals surface area contributed by atoms with Crippen LogP contribution in [0.3, 0.4) is 0 Å². The molecule has 1 fully saturated rings. The van der Waals surface area contributed by atoms with Crippen LogP contribution in [0, 0.1) is 19.8 Å². The van der Waals surface area contributed by atoms with Crippen LogP contribution in [0.15, 0.2) is 18.2 Å². The van der Waals surface area contributed by atoms with E-state index in [1.54, 1.807) is 0 Å². The lowest BCUT2D eigenvalue weighted by atomic mass is 9.81.